The van der Waals surface area contributed by atoms with E-state index in [9.17, 15) is 4.79 Å². The van der Waals surface area contributed by atoms with E-state index in [0.29, 0.717) is 36.4 Å². The second kappa shape index (κ2) is 7.04. The number of hydrogen-bond donors (Lipinski definition) is 0. The molecule has 1 aromatic carbocycles. The molecule has 0 saturated carbocycles. The maximum absolute atomic E-state index is 10.9. The Kier molecular flexibility index (Phi) is 5.69. The number of carbonyl (C=O) groups excluding carboxylic acids is 1. The molecular weight excluding hydrogens is 228 g/mol. The zero-order valence-corrected chi connectivity index (χ0v) is 11.6. The van der Waals surface area contributed by atoms with E-state index in [1.165, 1.54) is 0 Å². The minimum absolute atomic E-state index is 0.421. The largest absolute Gasteiger partial charge is 0.493 e. The van der Waals surface area contributed by atoms with Crippen LogP contribution in [0.1, 0.15) is 38.1 Å². The van der Waals surface area contributed by atoms with Crippen LogP contribution in [0.25, 0.3) is 0 Å². The molecular formula is C15H22O3. The molecule has 3 nitrogen and oxygen atoms in total. The zero-order chi connectivity index (χ0) is 13.5. The molecule has 3 heteroatoms. The standard InChI is InChI=1S/C15H22O3/c1-11(2)9-17-14-6-5-13(8-16)15(7-14)18-10-12(3)4/h5-8,11-12H,9-10H2,1-4H3. The van der Waals surface area contributed by atoms with E-state index in [1.807, 2.05) is 0 Å². The van der Waals surface area contributed by atoms with Crippen LogP contribution in [0.4, 0.5) is 0 Å². The van der Waals surface area contributed by atoms with E-state index in [1.54, 1.807) is 18.2 Å². The van der Waals surface area contributed by atoms with Gasteiger partial charge in [-0.2, -0.15) is 0 Å². The Balaban J connectivity index is 2.77. The summed E-state index contributed by atoms with van der Waals surface area (Å²) in [5, 5.41) is 0. The lowest BCUT2D eigenvalue weighted by Crippen LogP contribution is -2.07. The highest BCUT2D eigenvalue weighted by atomic mass is 16.5. The summed E-state index contributed by atoms with van der Waals surface area (Å²) in [5.41, 5.74) is 0.563. The zero-order valence-electron chi connectivity index (χ0n) is 11.6. The fourth-order valence-corrected chi connectivity index (χ4v) is 1.35. The van der Waals surface area contributed by atoms with Gasteiger partial charge in [-0.3, -0.25) is 4.79 Å². The highest BCUT2D eigenvalue weighted by molar-refractivity contribution is 5.79. The van der Waals surface area contributed by atoms with Crippen molar-refractivity contribution in [1.82, 2.24) is 0 Å². The Morgan fingerprint density at radius 1 is 1.06 bits per heavy atom. The number of carbonyl (C=O) groups is 1. The van der Waals surface area contributed by atoms with Crippen molar-refractivity contribution in [1.29, 1.82) is 0 Å². The molecule has 0 aliphatic heterocycles. The van der Waals surface area contributed by atoms with Gasteiger partial charge in [0.15, 0.2) is 6.29 Å². The molecule has 0 aliphatic carbocycles. The van der Waals surface area contributed by atoms with Crippen molar-refractivity contribution in [3.8, 4) is 11.5 Å². The van der Waals surface area contributed by atoms with Gasteiger partial charge in [0.2, 0.25) is 0 Å². The molecule has 0 atom stereocenters. The monoisotopic (exact) mass is 250 g/mol. The molecule has 1 aromatic rings. The quantitative estimate of drug-likeness (QED) is 0.694. The maximum Gasteiger partial charge on any atom is 0.153 e. The van der Waals surface area contributed by atoms with Gasteiger partial charge in [-0.1, -0.05) is 27.7 Å². The van der Waals surface area contributed by atoms with Crippen LogP contribution in [-0.4, -0.2) is 19.5 Å². The number of ether oxygens (including phenoxy) is 2. The lowest BCUT2D eigenvalue weighted by Gasteiger charge is -2.13. The first-order chi connectivity index (χ1) is 8.52. The molecule has 0 aromatic heterocycles. The fourth-order valence-electron chi connectivity index (χ4n) is 1.35. The van der Waals surface area contributed by atoms with Crippen LogP contribution in [0.15, 0.2) is 18.2 Å². The van der Waals surface area contributed by atoms with Crippen LogP contribution in [0, 0.1) is 11.8 Å². The van der Waals surface area contributed by atoms with Gasteiger partial charge in [-0.15, -0.1) is 0 Å². The third-order valence-corrected chi connectivity index (χ3v) is 2.27. The molecule has 0 aliphatic rings. The number of rotatable bonds is 7. The summed E-state index contributed by atoms with van der Waals surface area (Å²) in [5.74, 6) is 2.23. The second-order valence-corrected chi connectivity index (χ2v) is 5.23. The molecule has 0 bridgehead atoms. The molecule has 18 heavy (non-hydrogen) atoms. The van der Waals surface area contributed by atoms with E-state index in [0.717, 1.165) is 12.0 Å². The molecule has 0 heterocycles. The third-order valence-electron chi connectivity index (χ3n) is 2.27. The van der Waals surface area contributed by atoms with Crippen molar-refractivity contribution in [3.05, 3.63) is 23.8 Å². The van der Waals surface area contributed by atoms with E-state index in [-0.39, 0.29) is 0 Å². The molecule has 0 amide bonds. The van der Waals surface area contributed by atoms with Gasteiger partial charge < -0.3 is 9.47 Å². The molecule has 1 rings (SSSR count). The lowest BCUT2D eigenvalue weighted by atomic mass is 10.2. The van der Waals surface area contributed by atoms with Crippen LogP contribution in [-0.2, 0) is 0 Å². The fraction of sp³-hybridized carbons (Fsp3) is 0.533. The molecule has 0 radical (unpaired) electrons. The van der Waals surface area contributed by atoms with Crippen molar-refractivity contribution >= 4 is 6.29 Å². The summed E-state index contributed by atoms with van der Waals surface area (Å²) in [6, 6.07) is 5.32. The van der Waals surface area contributed by atoms with Gasteiger partial charge >= 0.3 is 0 Å². The van der Waals surface area contributed by atoms with Gasteiger partial charge in [-0.25, -0.2) is 0 Å². The Morgan fingerprint density at radius 2 is 1.67 bits per heavy atom. The second-order valence-electron chi connectivity index (χ2n) is 5.23. The van der Waals surface area contributed by atoms with Gasteiger partial charge in [0, 0.05) is 6.07 Å². The molecule has 0 N–H and O–H groups in total. The summed E-state index contributed by atoms with van der Waals surface area (Å²) >= 11 is 0. The van der Waals surface area contributed by atoms with Crippen LogP contribution in [0.2, 0.25) is 0 Å². The Bertz CT molecular complexity index is 383. The predicted molar refractivity (Wildman–Crippen MR) is 72.5 cm³/mol. The van der Waals surface area contributed by atoms with Crippen LogP contribution in [0.5, 0.6) is 11.5 Å². The number of hydrogen-bond acceptors (Lipinski definition) is 3. The van der Waals surface area contributed by atoms with E-state index in [2.05, 4.69) is 27.7 Å². The van der Waals surface area contributed by atoms with Crippen molar-refractivity contribution in [2.45, 2.75) is 27.7 Å². The smallest absolute Gasteiger partial charge is 0.153 e. The average Bonchev–Trinajstić information content (AvgIpc) is 2.33. The first-order valence-corrected chi connectivity index (χ1v) is 6.37. The minimum Gasteiger partial charge on any atom is -0.493 e. The van der Waals surface area contributed by atoms with Gasteiger partial charge in [0.05, 0.1) is 18.8 Å². The SMILES string of the molecule is CC(C)COc1ccc(C=O)c(OCC(C)C)c1. The molecule has 100 valence electrons. The number of benzene rings is 1. The first-order valence-electron chi connectivity index (χ1n) is 6.37. The third kappa shape index (κ3) is 4.78. The Hall–Kier alpha value is -1.51. The van der Waals surface area contributed by atoms with Crippen LogP contribution < -0.4 is 9.47 Å². The highest BCUT2D eigenvalue weighted by Crippen LogP contribution is 2.24. The maximum atomic E-state index is 10.9. The van der Waals surface area contributed by atoms with Gasteiger partial charge in [0.1, 0.15) is 11.5 Å². The van der Waals surface area contributed by atoms with Crippen molar-refractivity contribution in [2.75, 3.05) is 13.2 Å². The van der Waals surface area contributed by atoms with E-state index in [4.69, 9.17) is 9.47 Å². The number of aldehydes is 1. The summed E-state index contributed by atoms with van der Waals surface area (Å²) in [6.07, 6.45) is 0.807. The van der Waals surface area contributed by atoms with E-state index < -0.39 is 0 Å². The predicted octanol–water partition coefficient (Wildman–Crippen LogP) is 3.57. The minimum atomic E-state index is 0.421. The summed E-state index contributed by atoms with van der Waals surface area (Å²) in [4.78, 5) is 10.9. The molecule has 0 fully saturated rings. The van der Waals surface area contributed by atoms with Gasteiger partial charge in [0.25, 0.3) is 0 Å². The van der Waals surface area contributed by atoms with Gasteiger partial charge in [-0.05, 0) is 24.0 Å². The molecule has 0 unspecified atom stereocenters. The van der Waals surface area contributed by atoms with Crippen molar-refractivity contribution < 1.29 is 14.3 Å². The van der Waals surface area contributed by atoms with Crippen LogP contribution in [0.3, 0.4) is 0 Å². The molecule has 0 spiro atoms. The summed E-state index contributed by atoms with van der Waals surface area (Å²) in [6.45, 7) is 9.57. The van der Waals surface area contributed by atoms with Crippen LogP contribution >= 0.6 is 0 Å². The topological polar surface area (TPSA) is 35.5 Å². The Labute approximate surface area is 109 Å². The first kappa shape index (κ1) is 14.6. The summed E-state index contributed by atoms with van der Waals surface area (Å²) < 4.78 is 11.2. The average molecular weight is 250 g/mol. The van der Waals surface area contributed by atoms with E-state index >= 15 is 0 Å². The normalized spacial score (nSPS) is 10.8. The summed E-state index contributed by atoms with van der Waals surface area (Å²) in [7, 11) is 0. The molecule has 0 saturated heterocycles. The van der Waals surface area contributed by atoms with Crippen molar-refractivity contribution in [2.24, 2.45) is 11.8 Å². The Morgan fingerprint density at radius 3 is 2.22 bits per heavy atom. The van der Waals surface area contributed by atoms with Crippen molar-refractivity contribution in [3.63, 3.8) is 0 Å². The highest BCUT2D eigenvalue weighted by Gasteiger charge is 2.07. The lowest BCUT2D eigenvalue weighted by molar-refractivity contribution is 0.111.